The first kappa shape index (κ1) is 20.7. The zero-order valence-electron chi connectivity index (χ0n) is 16.5. The molecule has 0 atom stereocenters. The molecule has 0 unspecified atom stereocenters. The lowest BCUT2D eigenvalue weighted by molar-refractivity contribution is -0.121. The number of thiophene rings is 1. The minimum Gasteiger partial charge on any atom is -0.355 e. The molecule has 3 rings (SSSR count). The van der Waals surface area contributed by atoms with Crippen molar-refractivity contribution in [1.29, 1.82) is 0 Å². The largest absolute Gasteiger partial charge is 0.355 e. The summed E-state index contributed by atoms with van der Waals surface area (Å²) in [6.07, 6.45) is 1.78. The first-order valence-electron chi connectivity index (χ1n) is 9.17. The van der Waals surface area contributed by atoms with Crippen molar-refractivity contribution in [1.82, 2.24) is 14.9 Å². The van der Waals surface area contributed by atoms with E-state index in [1.165, 1.54) is 15.9 Å². The van der Waals surface area contributed by atoms with Gasteiger partial charge in [-0.2, -0.15) is 0 Å². The van der Waals surface area contributed by atoms with Gasteiger partial charge in [-0.05, 0) is 37.1 Å². The third-order valence-electron chi connectivity index (χ3n) is 5.09. The lowest BCUT2D eigenvalue weighted by atomic mass is 9.84. The summed E-state index contributed by atoms with van der Waals surface area (Å²) in [5, 5.41) is 3.66. The Hall–Kier alpha value is -1.99. The van der Waals surface area contributed by atoms with Gasteiger partial charge < -0.3 is 5.32 Å². The lowest BCUT2D eigenvalue weighted by Crippen LogP contribution is -2.37. The van der Waals surface area contributed by atoms with Crippen LogP contribution in [0, 0.1) is 13.8 Å². The fraction of sp³-hybridized carbons (Fsp3) is 0.381. The number of hydrogen-bond acceptors (Lipinski definition) is 4. The van der Waals surface area contributed by atoms with Gasteiger partial charge in [-0.25, -0.2) is 4.98 Å². The predicted molar refractivity (Wildman–Crippen MR) is 118 cm³/mol. The number of rotatable bonds is 6. The molecule has 0 fully saturated rings. The van der Waals surface area contributed by atoms with Crippen LogP contribution in [0.4, 0.5) is 0 Å². The summed E-state index contributed by atoms with van der Waals surface area (Å²) in [6.45, 7) is 8.98. The molecule has 2 aromatic heterocycles. The van der Waals surface area contributed by atoms with Crippen LogP contribution in [0.3, 0.4) is 0 Å². The van der Waals surface area contributed by atoms with E-state index in [4.69, 9.17) is 0 Å². The van der Waals surface area contributed by atoms with E-state index in [9.17, 15) is 9.59 Å². The highest BCUT2D eigenvalue weighted by Crippen LogP contribution is 2.26. The molecule has 28 heavy (non-hydrogen) atoms. The number of aromatic nitrogens is 2. The van der Waals surface area contributed by atoms with Gasteiger partial charge >= 0.3 is 0 Å². The van der Waals surface area contributed by atoms with Gasteiger partial charge in [0.05, 0.1) is 11.7 Å². The van der Waals surface area contributed by atoms with Crippen LogP contribution in [-0.4, -0.2) is 22.0 Å². The standard InChI is InChI=1S/C21H24BrN3O2S/c1-13-14(2)28-19-18(13)20(27)25(12-24-19)10-9-17(26)23-11-21(3,4)15-5-7-16(22)8-6-15/h5-8,12H,9-11H2,1-4H3,(H,23,26). The summed E-state index contributed by atoms with van der Waals surface area (Å²) >= 11 is 4.97. The zero-order chi connectivity index (χ0) is 20.5. The van der Waals surface area contributed by atoms with Gasteiger partial charge in [-0.1, -0.05) is 41.9 Å². The molecule has 0 aliphatic carbocycles. The molecule has 3 aromatic rings. The van der Waals surface area contributed by atoms with Crippen LogP contribution in [0.25, 0.3) is 10.2 Å². The van der Waals surface area contributed by atoms with Crippen molar-refractivity contribution in [2.45, 2.75) is 46.1 Å². The molecule has 1 N–H and O–H groups in total. The Bertz CT molecular complexity index is 1070. The smallest absolute Gasteiger partial charge is 0.262 e. The molecule has 0 saturated carbocycles. The van der Waals surface area contributed by atoms with E-state index < -0.39 is 0 Å². The maximum atomic E-state index is 12.7. The van der Waals surface area contributed by atoms with Crippen molar-refractivity contribution in [3.63, 3.8) is 0 Å². The quantitative estimate of drug-likeness (QED) is 0.594. The van der Waals surface area contributed by atoms with Crippen LogP contribution in [0.5, 0.6) is 0 Å². The average molecular weight is 462 g/mol. The summed E-state index contributed by atoms with van der Waals surface area (Å²) in [7, 11) is 0. The molecular formula is C21H24BrN3O2S. The summed E-state index contributed by atoms with van der Waals surface area (Å²) in [5.41, 5.74) is 1.88. The van der Waals surface area contributed by atoms with Gasteiger partial charge in [0.1, 0.15) is 4.83 Å². The summed E-state index contributed by atoms with van der Waals surface area (Å²) in [5.74, 6) is -0.0737. The van der Waals surface area contributed by atoms with E-state index in [1.807, 2.05) is 26.0 Å². The Morgan fingerprint density at radius 2 is 1.93 bits per heavy atom. The number of amides is 1. The van der Waals surface area contributed by atoms with Crippen molar-refractivity contribution in [2.24, 2.45) is 0 Å². The van der Waals surface area contributed by atoms with Crippen LogP contribution in [0.2, 0.25) is 0 Å². The van der Waals surface area contributed by atoms with Gasteiger partial charge in [0.2, 0.25) is 5.91 Å². The maximum absolute atomic E-state index is 12.7. The lowest BCUT2D eigenvalue weighted by Gasteiger charge is -2.25. The van der Waals surface area contributed by atoms with Crippen LogP contribution in [0.15, 0.2) is 39.9 Å². The number of carbonyl (C=O) groups excluding carboxylic acids is 1. The Morgan fingerprint density at radius 3 is 2.61 bits per heavy atom. The number of nitrogens with one attached hydrogen (secondary N) is 1. The minimum absolute atomic E-state index is 0.0737. The summed E-state index contributed by atoms with van der Waals surface area (Å²) < 4.78 is 2.56. The monoisotopic (exact) mass is 461 g/mol. The third-order valence-corrected chi connectivity index (χ3v) is 6.73. The van der Waals surface area contributed by atoms with Crippen LogP contribution >= 0.6 is 27.3 Å². The van der Waals surface area contributed by atoms with Crippen molar-refractivity contribution in [2.75, 3.05) is 6.54 Å². The predicted octanol–water partition coefficient (Wildman–Crippen LogP) is 4.32. The van der Waals surface area contributed by atoms with Crippen LogP contribution in [0.1, 0.15) is 36.3 Å². The number of fused-ring (bicyclic) bond motifs is 1. The van der Waals surface area contributed by atoms with E-state index in [0.717, 1.165) is 25.3 Å². The van der Waals surface area contributed by atoms with E-state index in [-0.39, 0.29) is 23.3 Å². The first-order chi connectivity index (χ1) is 13.2. The van der Waals surface area contributed by atoms with E-state index in [2.05, 4.69) is 52.2 Å². The van der Waals surface area contributed by atoms with Crippen molar-refractivity contribution < 1.29 is 4.79 Å². The van der Waals surface area contributed by atoms with Crippen molar-refractivity contribution in [3.05, 3.63) is 61.4 Å². The molecule has 7 heteroatoms. The van der Waals surface area contributed by atoms with Crippen LogP contribution < -0.4 is 10.9 Å². The molecule has 2 heterocycles. The molecular weight excluding hydrogens is 438 g/mol. The fourth-order valence-corrected chi connectivity index (χ4v) is 4.31. The summed E-state index contributed by atoms with van der Waals surface area (Å²) in [4.78, 5) is 31.3. The first-order valence-corrected chi connectivity index (χ1v) is 10.8. The molecule has 0 aliphatic rings. The Morgan fingerprint density at radius 1 is 1.25 bits per heavy atom. The molecule has 0 aliphatic heterocycles. The van der Waals surface area contributed by atoms with E-state index in [0.29, 0.717) is 18.5 Å². The third kappa shape index (κ3) is 4.36. The van der Waals surface area contributed by atoms with E-state index in [1.54, 1.807) is 6.33 Å². The van der Waals surface area contributed by atoms with Gasteiger partial charge in [0.15, 0.2) is 0 Å². The number of nitrogens with zero attached hydrogens (tertiary/aromatic N) is 2. The SMILES string of the molecule is Cc1sc2ncn(CCC(=O)NCC(C)(C)c3ccc(Br)cc3)c(=O)c2c1C. The molecule has 0 spiro atoms. The van der Waals surface area contributed by atoms with Crippen molar-refractivity contribution >= 4 is 43.4 Å². The topological polar surface area (TPSA) is 64.0 Å². The molecule has 0 radical (unpaired) electrons. The molecule has 0 saturated heterocycles. The number of benzene rings is 1. The second-order valence-corrected chi connectivity index (χ2v) is 9.74. The van der Waals surface area contributed by atoms with Crippen LogP contribution in [-0.2, 0) is 16.8 Å². The van der Waals surface area contributed by atoms with Gasteiger partial charge in [0.25, 0.3) is 5.56 Å². The molecule has 0 bridgehead atoms. The highest BCUT2D eigenvalue weighted by Gasteiger charge is 2.21. The molecule has 5 nitrogen and oxygen atoms in total. The van der Waals surface area contributed by atoms with Gasteiger partial charge in [-0.3, -0.25) is 14.2 Å². The molecule has 148 valence electrons. The Labute approximate surface area is 176 Å². The normalized spacial score (nSPS) is 11.8. The Kier molecular flexibility index (Phi) is 6.05. The maximum Gasteiger partial charge on any atom is 0.262 e. The highest BCUT2D eigenvalue weighted by atomic mass is 79.9. The van der Waals surface area contributed by atoms with Crippen molar-refractivity contribution in [3.8, 4) is 0 Å². The van der Waals surface area contributed by atoms with Gasteiger partial charge in [-0.15, -0.1) is 11.3 Å². The number of aryl methyl sites for hydroxylation is 3. The average Bonchev–Trinajstić information content (AvgIpc) is 2.94. The summed E-state index contributed by atoms with van der Waals surface area (Å²) in [6, 6.07) is 8.12. The van der Waals surface area contributed by atoms with Gasteiger partial charge in [0, 0.05) is 34.3 Å². The minimum atomic E-state index is -0.182. The Balaban J connectivity index is 1.62. The second-order valence-electron chi connectivity index (χ2n) is 7.62. The number of halogens is 1. The van der Waals surface area contributed by atoms with E-state index >= 15 is 0 Å². The second kappa shape index (κ2) is 8.17. The number of carbonyl (C=O) groups is 1. The highest BCUT2D eigenvalue weighted by molar-refractivity contribution is 9.10. The molecule has 1 amide bonds. The number of hydrogen-bond donors (Lipinski definition) is 1. The zero-order valence-corrected chi connectivity index (χ0v) is 18.9. The molecule has 1 aromatic carbocycles. The fourth-order valence-electron chi connectivity index (χ4n) is 3.06.